The van der Waals surface area contributed by atoms with E-state index >= 15 is 0 Å². The van der Waals surface area contributed by atoms with Crippen LogP contribution in [0.2, 0.25) is 0 Å². The summed E-state index contributed by atoms with van der Waals surface area (Å²) in [6.07, 6.45) is 1.73. The molecule has 0 radical (unpaired) electrons. The van der Waals surface area contributed by atoms with Crippen LogP contribution in [0.25, 0.3) is 11.0 Å². The number of para-hydroxylation sites is 1. The van der Waals surface area contributed by atoms with Gasteiger partial charge >= 0.3 is 11.7 Å². The molecule has 0 unspecified atom stereocenters. The first kappa shape index (κ1) is 12.6. The highest BCUT2D eigenvalue weighted by Crippen LogP contribution is 2.18. The number of aromatic carboxylic acids is 1. The van der Waals surface area contributed by atoms with E-state index in [2.05, 4.69) is 9.97 Å². The number of carbonyl (C=O) groups is 1. The second-order valence-corrected chi connectivity index (χ2v) is 5.69. The predicted molar refractivity (Wildman–Crippen MR) is 75.5 cm³/mol. The Kier molecular flexibility index (Phi) is 2.90. The molecule has 0 aliphatic rings. The van der Waals surface area contributed by atoms with Gasteiger partial charge in [0.15, 0.2) is 0 Å². The quantitative estimate of drug-likeness (QED) is 0.770. The largest absolute Gasteiger partial charge is 0.478 e. The van der Waals surface area contributed by atoms with Crippen molar-refractivity contribution in [2.24, 2.45) is 0 Å². The first-order valence-corrected chi connectivity index (χ1v) is 6.74. The first-order chi connectivity index (χ1) is 9.56. The Hall–Kier alpha value is -2.41. The third-order valence-electron chi connectivity index (χ3n) is 3.02. The molecule has 0 aliphatic heterocycles. The molecule has 0 bridgehead atoms. The molecule has 102 valence electrons. The van der Waals surface area contributed by atoms with Gasteiger partial charge in [-0.3, -0.25) is 4.57 Å². The van der Waals surface area contributed by atoms with Crippen molar-refractivity contribution in [3.05, 3.63) is 50.3 Å². The lowest BCUT2D eigenvalue weighted by molar-refractivity contribution is 0.0699. The summed E-state index contributed by atoms with van der Waals surface area (Å²) in [6.45, 7) is 2.28. The molecule has 0 amide bonds. The van der Waals surface area contributed by atoms with E-state index in [0.29, 0.717) is 17.6 Å². The fourth-order valence-corrected chi connectivity index (χ4v) is 2.93. The number of aryl methyl sites for hydroxylation is 1. The molecule has 0 saturated carbocycles. The number of rotatable bonds is 3. The number of aromatic nitrogens is 3. The Morgan fingerprint density at radius 1 is 1.50 bits per heavy atom. The van der Waals surface area contributed by atoms with Gasteiger partial charge in [-0.2, -0.15) is 0 Å². The summed E-state index contributed by atoms with van der Waals surface area (Å²) >= 11 is 1.51. The Morgan fingerprint density at radius 3 is 2.95 bits per heavy atom. The summed E-state index contributed by atoms with van der Waals surface area (Å²) in [5.74, 6) is -1.06. The van der Waals surface area contributed by atoms with E-state index in [1.165, 1.54) is 22.0 Å². The maximum absolute atomic E-state index is 12.0. The smallest absolute Gasteiger partial charge is 0.337 e. The summed E-state index contributed by atoms with van der Waals surface area (Å²) < 4.78 is 1.52. The summed E-state index contributed by atoms with van der Waals surface area (Å²) in [5.41, 5.74) is 0.714. The van der Waals surface area contributed by atoms with Gasteiger partial charge in [-0.05, 0) is 19.1 Å². The molecule has 0 fully saturated rings. The number of nitrogens with one attached hydrogen (secondary N) is 1. The number of carboxylic acid groups (broad SMARTS) is 1. The van der Waals surface area contributed by atoms with Gasteiger partial charge in [0.25, 0.3) is 0 Å². The third kappa shape index (κ3) is 2.01. The standard InChI is InChI=1S/C13H11N3O3S/c1-7-14-5-8(20-7)6-16-10-4-2-3-9(12(17)18)11(10)15-13(16)19/h2-5H,6H2,1H3,(H,15,19)(H,17,18). The molecule has 7 heteroatoms. The number of imidazole rings is 1. The van der Waals surface area contributed by atoms with Crippen molar-refractivity contribution in [2.45, 2.75) is 13.5 Å². The maximum atomic E-state index is 12.0. The normalized spacial score (nSPS) is 11.1. The monoisotopic (exact) mass is 289 g/mol. The Balaban J connectivity index is 2.16. The Morgan fingerprint density at radius 2 is 2.30 bits per heavy atom. The topological polar surface area (TPSA) is 88.0 Å². The lowest BCUT2D eigenvalue weighted by Gasteiger charge is -2.01. The van der Waals surface area contributed by atoms with Crippen LogP contribution in [0.15, 0.2) is 29.2 Å². The minimum absolute atomic E-state index is 0.0961. The van der Waals surface area contributed by atoms with Crippen LogP contribution in [0.5, 0.6) is 0 Å². The molecule has 2 N–H and O–H groups in total. The lowest BCUT2D eigenvalue weighted by Crippen LogP contribution is -2.16. The number of aromatic amines is 1. The van der Waals surface area contributed by atoms with Gasteiger partial charge in [0.2, 0.25) is 0 Å². The van der Waals surface area contributed by atoms with Crippen LogP contribution in [0.1, 0.15) is 20.2 Å². The van der Waals surface area contributed by atoms with Crippen LogP contribution < -0.4 is 5.69 Å². The van der Waals surface area contributed by atoms with E-state index < -0.39 is 5.97 Å². The summed E-state index contributed by atoms with van der Waals surface area (Å²) in [5, 5.41) is 10.1. The average Bonchev–Trinajstić information content (AvgIpc) is 2.94. The number of fused-ring (bicyclic) bond motifs is 1. The zero-order valence-corrected chi connectivity index (χ0v) is 11.4. The van der Waals surface area contributed by atoms with Crippen molar-refractivity contribution in [2.75, 3.05) is 0 Å². The van der Waals surface area contributed by atoms with Crippen LogP contribution in [0.4, 0.5) is 0 Å². The fourth-order valence-electron chi connectivity index (χ4n) is 2.15. The van der Waals surface area contributed by atoms with Crippen molar-refractivity contribution in [1.82, 2.24) is 14.5 Å². The van der Waals surface area contributed by atoms with Crippen LogP contribution >= 0.6 is 11.3 Å². The van der Waals surface area contributed by atoms with Crippen LogP contribution in [-0.2, 0) is 6.54 Å². The second-order valence-electron chi connectivity index (χ2n) is 4.37. The average molecular weight is 289 g/mol. The molecule has 6 nitrogen and oxygen atoms in total. The van der Waals surface area contributed by atoms with Gasteiger partial charge in [0, 0.05) is 11.1 Å². The number of nitrogens with zero attached hydrogens (tertiary/aromatic N) is 2. The molecular formula is C13H11N3O3S. The molecule has 1 aromatic carbocycles. The van der Waals surface area contributed by atoms with Gasteiger partial charge in [-0.25, -0.2) is 14.6 Å². The molecule has 2 heterocycles. The van der Waals surface area contributed by atoms with E-state index in [-0.39, 0.29) is 11.3 Å². The van der Waals surface area contributed by atoms with Crippen LogP contribution in [-0.4, -0.2) is 25.6 Å². The molecule has 3 aromatic rings. The summed E-state index contributed by atoms with van der Waals surface area (Å²) in [7, 11) is 0. The number of benzene rings is 1. The van der Waals surface area contributed by atoms with Crippen molar-refractivity contribution in [3.63, 3.8) is 0 Å². The lowest BCUT2D eigenvalue weighted by atomic mass is 10.2. The number of H-pyrrole nitrogens is 1. The predicted octanol–water partition coefficient (Wildman–Crippen LogP) is 1.84. The molecule has 0 spiro atoms. The Bertz CT molecular complexity index is 859. The van der Waals surface area contributed by atoms with Crippen molar-refractivity contribution in [3.8, 4) is 0 Å². The van der Waals surface area contributed by atoms with Gasteiger partial charge < -0.3 is 10.1 Å². The number of thiazole rings is 1. The highest BCUT2D eigenvalue weighted by Gasteiger charge is 2.14. The summed E-state index contributed by atoms with van der Waals surface area (Å²) in [4.78, 5) is 30.9. The van der Waals surface area contributed by atoms with Crippen molar-refractivity contribution in [1.29, 1.82) is 0 Å². The zero-order chi connectivity index (χ0) is 14.3. The SMILES string of the molecule is Cc1ncc(Cn2c(=O)[nH]c3c(C(=O)O)cccc32)s1. The van der Waals surface area contributed by atoms with E-state index in [4.69, 9.17) is 5.11 Å². The van der Waals surface area contributed by atoms with E-state index in [0.717, 1.165) is 9.88 Å². The molecule has 20 heavy (non-hydrogen) atoms. The van der Waals surface area contributed by atoms with E-state index in [1.807, 2.05) is 6.92 Å². The van der Waals surface area contributed by atoms with Crippen molar-refractivity contribution >= 4 is 28.3 Å². The molecule has 2 aromatic heterocycles. The third-order valence-corrected chi connectivity index (χ3v) is 3.92. The highest BCUT2D eigenvalue weighted by atomic mass is 32.1. The first-order valence-electron chi connectivity index (χ1n) is 5.92. The van der Waals surface area contributed by atoms with E-state index in [1.54, 1.807) is 18.3 Å². The minimum atomic E-state index is -1.06. The van der Waals surface area contributed by atoms with Gasteiger partial charge in [-0.1, -0.05) is 6.07 Å². The van der Waals surface area contributed by atoms with Gasteiger partial charge in [0.05, 0.1) is 28.1 Å². The van der Waals surface area contributed by atoms with Crippen LogP contribution in [0, 0.1) is 6.92 Å². The molecule has 0 atom stereocenters. The van der Waals surface area contributed by atoms with Crippen LogP contribution in [0.3, 0.4) is 0 Å². The fraction of sp³-hybridized carbons (Fsp3) is 0.154. The zero-order valence-electron chi connectivity index (χ0n) is 10.6. The number of carboxylic acids is 1. The Labute approximate surface area is 117 Å². The number of hydrogen-bond acceptors (Lipinski definition) is 4. The number of hydrogen-bond donors (Lipinski definition) is 2. The van der Waals surface area contributed by atoms with Gasteiger partial charge in [0.1, 0.15) is 0 Å². The van der Waals surface area contributed by atoms with Crippen molar-refractivity contribution < 1.29 is 9.90 Å². The molecule has 0 saturated heterocycles. The maximum Gasteiger partial charge on any atom is 0.337 e. The molecule has 3 rings (SSSR count). The second kappa shape index (κ2) is 4.61. The molecule has 0 aliphatic carbocycles. The summed E-state index contributed by atoms with van der Waals surface area (Å²) in [6, 6.07) is 4.84. The highest BCUT2D eigenvalue weighted by molar-refractivity contribution is 7.11. The van der Waals surface area contributed by atoms with Gasteiger partial charge in [-0.15, -0.1) is 11.3 Å². The van der Waals surface area contributed by atoms with E-state index in [9.17, 15) is 9.59 Å². The minimum Gasteiger partial charge on any atom is -0.478 e. The molecular weight excluding hydrogens is 278 g/mol.